The van der Waals surface area contributed by atoms with Crippen molar-refractivity contribution in [1.29, 1.82) is 0 Å². The van der Waals surface area contributed by atoms with Crippen LogP contribution in [-0.4, -0.2) is 26.6 Å². The second-order valence-electron chi connectivity index (χ2n) is 8.03. The summed E-state index contributed by atoms with van der Waals surface area (Å²) >= 11 is 0. The highest BCUT2D eigenvalue weighted by Crippen LogP contribution is 2.25. The molecule has 8 heteroatoms. The maximum atomic E-state index is 12.4. The molecule has 1 fully saturated rings. The summed E-state index contributed by atoms with van der Waals surface area (Å²) in [6, 6.07) is 13.2. The van der Waals surface area contributed by atoms with E-state index in [2.05, 4.69) is 30.9 Å². The predicted octanol–water partition coefficient (Wildman–Crippen LogP) is 4.67. The van der Waals surface area contributed by atoms with Gasteiger partial charge in [0.1, 0.15) is 29.1 Å². The Balaban J connectivity index is 1.39. The van der Waals surface area contributed by atoms with Crippen molar-refractivity contribution in [3.8, 4) is 0 Å². The van der Waals surface area contributed by atoms with Crippen LogP contribution >= 0.6 is 0 Å². The molecular weight excluding hydrogens is 404 g/mol. The Kier molecular flexibility index (Phi) is 6.39. The highest BCUT2D eigenvalue weighted by molar-refractivity contribution is 5.94. The van der Waals surface area contributed by atoms with Crippen LogP contribution in [0.5, 0.6) is 0 Å². The van der Waals surface area contributed by atoms with Crippen molar-refractivity contribution in [1.82, 2.24) is 15.0 Å². The summed E-state index contributed by atoms with van der Waals surface area (Å²) < 4.78 is 0. The third-order valence-electron chi connectivity index (χ3n) is 5.35. The molecule has 0 aliphatic heterocycles. The fourth-order valence-electron chi connectivity index (χ4n) is 3.66. The first-order valence-corrected chi connectivity index (χ1v) is 10.7. The number of hydrogen-bond donors (Lipinski definition) is 3. The van der Waals surface area contributed by atoms with Crippen LogP contribution in [0, 0.1) is 19.8 Å². The Morgan fingerprint density at radius 3 is 2.22 bits per heavy atom. The monoisotopic (exact) mass is 430 g/mol. The second kappa shape index (κ2) is 9.55. The van der Waals surface area contributed by atoms with Crippen molar-refractivity contribution < 1.29 is 9.59 Å². The Labute approximate surface area is 186 Å². The number of hydrogen-bond acceptors (Lipinski definition) is 7. The van der Waals surface area contributed by atoms with Crippen molar-refractivity contribution in [3.63, 3.8) is 0 Å². The Hall–Kier alpha value is -3.81. The molecule has 164 valence electrons. The summed E-state index contributed by atoms with van der Waals surface area (Å²) in [6.07, 6.45) is 4.00. The maximum Gasteiger partial charge on any atom is 0.227 e. The van der Waals surface area contributed by atoms with Gasteiger partial charge in [0.15, 0.2) is 0 Å². The number of ketones is 1. The topological polar surface area (TPSA) is 109 Å². The van der Waals surface area contributed by atoms with E-state index >= 15 is 0 Å². The molecule has 0 radical (unpaired) electrons. The number of pyridine rings is 1. The number of carbonyl (C=O) groups excluding carboxylic acids is 2. The van der Waals surface area contributed by atoms with E-state index in [0.717, 1.165) is 22.8 Å². The van der Waals surface area contributed by atoms with Crippen LogP contribution in [0.3, 0.4) is 0 Å². The van der Waals surface area contributed by atoms with Crippen LogP contribution in [0.2, 0.25) is 0 Å². The molecule has 2 aromatic heterocycles. The van der Waals surface area contributed by atoms with Gasteiger partial charge in [0.25, 0.3) is 0 Å². The zero-order chi connectivity index (χ0) is 22.5. The zero-order valence-corrected chi connectivity index (χ0v) is 18.2. The van der Waals surface area contributed by atoms with E-state index in [9.17, 15) is 9.59 Å². The average molecular weight is 431 g/mol. The molecule has 3 aromatic rings. The standard InChI is InChI=1S/C24H26N6O2/c1-15-11-12-25-21(13-15)30-23-14-22(26-16(2)27-23)28-18-5-7-19(8-6-18)29-24(32)17-3-9-20(31)10-4-17/h5-8,11-14,17H,3-4,9-10H2,1-2H3,(H,29,32)(H2,25,26,27,28,30). The quantitative estimate of drug-likeness (QED) is 0.521. The van der Waals surface area contributed by atoms with Gasteiger partial charge in [0.2, 0.25) is 5.91 Å². The zero-order valence-electron chi connectivity index (χ0n) is 18.2. The minimum absolute atomic E-state index is 0.0230. The largest absolute Gasteiger partial charge is 0.340 e. The van der Waals surface area contributed by atoms with E-state index in [1.165, 1.54) is 0 Å². The minimum Gasteiger partial charge on any atom is -0.340 e. The van der Waals surface area contributed by atoms with E-state index in [1.54, 1.807) is 6.20 Å². The normalized spacial score (nSPS) is 14.1. The first kappa shape index (κ1) is 21.4. The molecule has 1 amide bonds. The molecular formula is C24H26N6O2. The highest BCUT2D eigenvalue weighted by Gasteiger charge is 2.24. The van der Waals surface area contributed by atoms with Gasteiger partial charge in [-0.05, 0) is 68.7 Å². The number of benzene rings is 1. The lowest BCUT2D eigenvalue weighted by Crippen LogP contribution is -2.27. The van der Waals surface area contributed by atoms with E-state index in [-0.39, 0.29) is 17.6 Å². The van der Waals surface area contributed by atoms with Gasteiger partial charge in [0.05, 0.1) is 0 Å². The number of aryl methyl sites for hydroxylation is 2. The number of rotatable bonds is 6. The van der Waals surface area contributed by atoms with Gasteiger partial charge < -0.3 is 16.0 Å². The van der Waals surface area contributed by atoms with Crippen LogP contribution in [0.4, 0.5) is 28.8 Å². The van der Waals surface area contributed by atoms with E-state index in [0.29, 0.717) is 43.1 Å². The summed E-state index contributed by atoms with van der Waals surface area (Å²) in [5, 5.41) is 9.42. The van der Waals surface area contributed by atoms with E-state index in [4.69, 9.17) is 0 Å². The predicted molar refractivity (Wildman–Crippen MR) is 124 cm³/mol. The summed E-state index contributed by atoms with van der Waals surface area (Å²) in [6.45, 7) is 3.84. The van der Waals surface area contributed by atoms with Gasteiger partial charge in [-0.15, -0.1) is 0 Å². The lowest BCUT2D eigenvalue weighted by molar-refractivity contribution is -0.125. The molecule has 3 N–H and O–H groups in total. The number of nitrogens with zero attached hydrogens (tertiary/aromatic N) is 3. The number of aromatic nitrogens is 3. The van der Waals surface area contributed by atoms with E-state index < -0.39 is 0 Å². The SMILES string of the molecule is Cc1ccnc(Nc2cc(Nc3ccc(NC(=O)C4CCC(=O)CC4)cc3)nc(C)n2)c1. The molecule has 0 spiro atoms. The molecule has 0 bridgehead atoms. The van der Waals surface area contributed by atoms with Crippen LogP contribution in [0.15, 0.2) is 48.7 Å². The van der Waals surface area contributed by atoms with Crippen molar-refractivity contribution in [2.24, 2.45) is 5.92 Å². The summed E-state index contributed by atoms with van der Waals surface area (Å²) in [7, 11) is 0. The first-order valence-electron chi connectivity index (χ1n) is 10.7. The Morgan fingerprint density at radius 1 is 0.875 bits per heavy atom. The van der Waals surface area contributed by atoms with Crippen molar-refractivity contribution in [2.75, 3.05) is 16.0 Å². The third kappa shape index (κ3) is 5.66. The van der Waals surface area contributed by atoms with Crippen molar-refractivity contribution in [2.45, 2.75) is 39.5 Å². The summed E-state index contributed by atoms with van der Waals surface area (Å²) in [5.74, 6) is 2.77. The highest BCUT2D eigenvalue weighted by atomic mass is 16.2. The second-order valence-corrected chi connectivity index (χ2v) is 8.03. The smallest absolute Gasteiger partial charge is 0.227 e. The number of anilines is 5. The summed E-state index contributed by atoms with van der Waals surface area (Å²) in [5.41, 5.74) is 2.67. The molecule has 0 saturated heterocycles. The van der Waals surface area contributed by atoms with Crippen LogP contribution < -0.4 is 16.0 Å². The van der Waals surface area contributed by atoms with Crippen molar-refractivity contribution >= 4 is 40.5 Å². The fourth-order valence-corrected chi connectivity index (χ4v) is 3.66. The first-order chi connectivity index (χ1) is 15.4. The fraction of sp³-hybridized carbons (Fsp3) is 0.292. The Bertz CT molecular complexity index is 1120. The third-order valence-corrected chi connectivity index (χ3v) is 5.35. The van der Waals surface area contributed by atoms with Crippen LogP contribution in [0.1, 0.15) is 37.1 Å². The minimum atomic E-state index is -0.0942. The molecule has 1 saturated carbocycles. The van der Waals surface area contributed by atoms with Gasteiger partial charge in [0, 0.05) is 42.4 Å². The van der Waals surface area contributed by atoms with Gasteiger partial charge in [-0.25, -0.2) is 15.0 Å². The molecule has 1 aliphatic rings. The number of carbonyl (C=O) groups is 2. The summed E-state index contributed by atoms with van der Waals surface area (Å²) in [4.78, 5) is 37.0. The maximum absolute atomic E-state index is 12.4. The molecule has 1 aromatic carbocycles. The van der Waals surface area contributed by atoms with E-state index in [1.807, 2.05) is 56.3 Å². The number of amides is 1. The Morgan fingerprint density at radius 2 is 1.53 bits per heavy atom. The molecule has 2 heterocycles. The lowest BCUT2D eigenvalue weighted by atomic mass is 9.88. The van der Waals surface area contributed by atoms with Crippen molar-refractivity contribution in [3.05, 3.63) is 60.0 Å². The molecule has 32 heavy (non-hydrogen) atoms. The van der Waals surface area contributed by atoms with Gasteiger partial charge >= 0.3 is 0 Å². The molecule has 0 unspecified atom stereocenters. The van der Waals surface area contributed by atoms with Gasteiger partial charge in [-0.2, -0.15) is 0 Å². The number of Topliss-reactive ketones (excluding diaryl/α,β-unsaturated/α-hetero) is 1. The van der Waals surface area contributed by atoms with Crippen LogP contribution in [0.25, 0.3) is 0 Å². The average Bonchev–Trinajstić information content (AvgIpc) is 2.75. The molecule has 1 aliphatic carbocycles. The van der Waals surface area contributed by atoms with Gasteiger partial charge in [-0.3, -0.25) is 9.59 Å². The molecule has 0 atom stereocenters. The lowest BCUT2D eigenvalue weighted by Gasteiger charge is -2.20. The van der Waals surface area contributed by atoms with Gasteiger partial charge in [-0.1, -0.05) is 0 Å². The molecule has 4 rings (SSSR count). The van der Waals surface area contributed by atoms with Crippen LogP contribution in [-0.2, 0) is 9.59 Å². The molecule has 8 nitrogen and oxygen atoms in total. The number of nitrogens with one attached hydrogen (secondary N) is 3.